The SMILES string of the molecule is CC.CC1(N=C/C(=C\N)c2cc(N)ncc2F)CCC1. The van der Waals surface area contributed by atoms with E-state index in [4.69, 9.17) is 11.5 Å². The quantitative estimate of drug-likeness (QED) is 0.834. The number of aliphatic imine (C=N–C) groups is 1. The van der Waals surface area contributed by atoms with Crippen molar-refractivity contribution in [2.45, 2.75) is 45.6 Å². The van der Waals surface area contributed by atoms with Crippen LogP contribution in [-0.4, -0.2) is 16.7 Å². The Morgan fingerprint density at radius 1 is 1.45 bits per heavy atom. The van der Waals surface area contributed by atoms with E-state index < -0.39 is 5.82 Å². The molecule has 1 fully saturated rings. The highest BCUT2D eigenvalue weighted by Crippen LogP contribution is 2.35. The Labute approximate surface area is 119 Å². The zero-order chi connectivity index (χ0) is 15.2. The van der Waals surface area contributed by atoms with Gasteiger partial charge in [0.15, 0.2) is 0 Å². The lowest BCUT2D eigenvalue weighted by atomic mass is 9.79. The van der Waals surface area contributed by atoms with Crippen molar-refractivity contribution in [2.75, 3.05) is 5.73 Å². The average molecular weight is 278 g/mol. The molecule has 0 aromatic carbocycles. The van der Waals surface area contributed by atoms with Gasteiger partial charge in [0.25, 0.3) is 0 Å². The third-order valence-electron chi connectivity index (χ3n) is 3.31. The van der Waals surface area contributed by atoms with Crippen LogP contribution in [0.1, 0.15) is 45.6 Å². The van der Waals surface area contributed by atoms with Gasteiger partial charge in [-0.05, 0) is 32.3 Å². The molecule has 1 aliphatic rings. The molecule has 0 atom stereocenters. The normalized spacial score (nSPS) is 17.3. The van der Waals surface area contributed by atoms with Gasteiger partial charge in [0.05, 0.1) is 11.7 Å². The van der Waals surface area contributed by atoms with Crippen LogP contribution in [0.2, 0.25) is 0 Å². The van der Waals surface area contributed by atoms with Crippen molar-refractivity contribution < 1.29 is 4.39 Å². The van der Waals surface area contributed by atoms with Crippen LogP contribution in [0, 0.1) is 5.82 Å². The lowest BCUT2D eigenvalue weighted by molar-refractivity contribution is 0.281. The summed E-state index contributed by atoms with van der Waals surface area (Å²) in [6, 6.07) is 1.46. The Morgan fingerprint density at radius 3 is 2.60 bits per heavy atom. The van der Waals surface area contributed by atoms with Crippen LogP contribution in [0.25, 0.3) is 5.57 Å². The number of nitrogens with zero attached hydrogens (tertiary/aromatic N) is 2. The predicted octanol–water partition coefficient (Wildman–Crippen LogP) is 3.14. The Morgan fingerprint density at radius 2 is 2.10 bits per heavy atom. The molecule has 110 valence electrons. The number of anilines is 1. The summed E-state index contributed by atoms with van der Waals surface area (Å²) in [4.78, 5) is 8.16. The number of hydrogen-bond donors (Lipinski definition) is 2. The minimum Gasteiger partial charge on any atom is -0.404 e. The van der Waals surface area contributed by atoms with Crippen molar-refractivity contribution >= 4 is 17.6 Å². The zero-order valence-electron chi connectivity index (χ0n) is 12.4. The van der Waals surface area contributed by atoms with Crippen LogP contribution >= 0.6 is 0 Å². The first-order chi connectivity index (χ1) is 9.54. The summed E-state index contributed by atoms with van der Waals surface area (Å²) < 4.78 is 13.6. The van der Waals surface area contributed by atoms with Gasteiger partial charge in [-0.3, -0.25) is 4.99 Å². The average Bonchev–Trinajstić information content (AvgIpc) is 2.43. The zero-order valence-corrected chi connectivity index (χ0v) is 12.4. The molecule has 1 heterocycles. The number of nitrogen functional groups attached to an aromatic ring is 1. The molecular weight excluding hydrogens is 255 g/mol. The Balaban J connectivity index is 0.000000956. The highest BCUT2D eigenvalue weighted by Gasteiger charge is 2.30. The molecule has 20 heavy (non-hydrogen) atoms. The summed E-state index contributed by atoms with van der Waals surface area (Å²) in [6.07, 6.45) is 7.35. The fraction of sp³-hybridized carbons (Fsp3) is 0.467. The minimum absolute atomic E-state index is 0.0245. The van der Waals surface area contributed by atoms with E-state index in [1.807, 2.05) is 13.8 Å². The van der Waals surface area contributed by atoms with Crippen LogP contribution in [0.5, 0.6) is 0 Å². The molecule has 0 radical (unpaired) electrons. The molecule has 4 N–H and O–H groups in total. The van der Waals surface area contributed by atoms with Gasteiger partial charge in [-0.2, -0.15) is 0 Å². The number of hydrogen-bond acceptors (Lipinski definition) is 4. The molecule has 0 unspecified atom stereocenters. The number of aromatic nitrogens is 1. The Hall–Kier alpha value is -1.91. The first-order valence-electron chi connectivity index (χ1n) is 6.93. The molecule has 1 saturated carbocycles. The lowest BCUT2D eigenvalue weighted by Gasteiger charge is -2.34. The summed E-state index contributed by atoms with van der Waals surface area (Å²) in [7, 11) is 0. The molecule has 0 bridgehead atoms. The van der Waals surface area contributed by atoms with Gasteiger partial charge in [-0.15, -0.1) is 0 Å². The van der Waals surface area contributed by atoms with Crippen molar-refractivity contribution in [2.24, 2.45) is 10.7 Å². The van der Waals surface area contributed by atoms with Gasteiger partial charge < -0.3 is 11.5 Å². The Bertz CT molecular complexity index is 505. The molecule has 2 rings (SSSR count). The third-order valence-corrected chi connectivity index (χ3v) is 3.31. The minimum atomic E-state index is -0.453. The maximum atomic E-state index is 13.6. The summed E-state index contributed by atoms with van der Waals surface area (Å²) in [5.41, 5.74) is 11.9. The standard InChI is InChI=1S/C13H17FN4.C2H6/c1-13(3-2-4-13)18-7-9(6-15)10-5-12(16)17-8-11(10)14;1-2/h5-8H,2-4,15H2,1H3,(H2,16,17);1-2H3/b9-6+,18-7?;. The molecule has 0 saturated heterocycles. The highest BCUT2D eigenvalue weighted by molar-refractivity contribution is 6.10. The van der Waals surface area contributed by atoms with E-state index in [2.05, 4.69) is 16.9 Å². The van der Waals surface area contributed by atoms with Crippen molar-refractivity contribution in [1.82, 2.24) is 4.98 Å². The summed E-state index contributed by atoms with van der Waals surface area (Å²) >= 11 is 0. The predicted molar refractivity (Wildman–Crippen MR) is 82.9 cm³/mol. The largest absolute Gasteiger partial charge is 0.404 e. The molecule has 5 heteroatoms. The topological polar surface area (TPSA) is 77.3 Å². The van der Waals surface area contributed by atoms with Gasteiger partial charge in [0.2, 0.25) is 0 Å². The lowest BCUT2D eigenvalue weighted by Crippen LogP contribution is -2.30. The smallest absolute Gasteiger partial charge is 0.149 e. The van der Waals surface area contributed by atoms with E-state index in [-0.39, 0.29) is 11.4 Å². The van der Waals surface area contributed by atoms with E-state index in [1.165, 1.54) is 18.7 Å². The second-order valence-corrected chi connectivity index (χ2v) is 4.82. The van der Waals surface area contributed by atoms with E-state index >= 15 is 0 Å². The Kier molecular flexibility index (Phi) is 5.67. The van der Waals surface area contributed by atoms with Crippen LogP contribution < -0.4 is 11.5 Å². The molecule has 1 aliphatic carbocycles. The summed E-state index contributed by atoms with van der Waals surface area (Å²) in [6.45, 7) is 6.08. The van der Waals surface area contributed by atoms with Gasteiger partial charge in [-0.25, -0.2) is 9.37 Å². The van der Waals surface area contributed by atoms with E-state index in [1.54, 1.807) is 6.21 Å². The molecule has 0 spiro atoms. The molecular formula is C15H23FN4. The number of halogens is 1. The first kappa shape index (κ1) is 16.1. The van der Waals surface area contributed by atoms with Crippen LogP contribution in [0.15, 0.2) is 23.5 Å². The molecule has 0 aliphatic heterocycles. The second-order valence-electron chi connectivity index (χ2n) is 4.82. The van der Waals surface area contributed by atoms with Crippen molar-refractivity contribution in [3.63, 3.8) is 0 Å². The fourth-order valence-electron chi connectivity index (χ4n) is 1.92. The summed E-state index contributed by atoms with van der Waals surface area (Å²) in [5, 5.41) is 0. The van der Waals surface area contributed by atoms with Crippen LogP contribution in [0.3, 0.4) is 0 Å². The summed E-state index contributed by atoms with van der Waals surface area (Å²) in [5.74, 6) is -0.194. The van der Waals surface area contributed by atoms with E-state index in [0.29, 0.717) is 11.1 Å². The van der Waals surface area contributed by atoms with Gasteiger partial charge >= 0.3 is 0 Å². The van der Waals surface area contributed by atoms with Crippen LogP contribution in [-0.2, 0) is 0 Å². The van der Waals surface area contributed by atoms with E-state index in [9.17, 15) is 4.39 Å². The number of nitrogens with two attached hydrogens (primary N) is 2. The molecule has 1 aromatic rings. The molecule has 4 nitrogen and oxygen atoms in total. The maximum Gasteiger partial charge on any atom is 0.149 e. The number of rotatable bonds is 3. The van der Waals surface area contributed by atoms with Crippen LogP contribution in [0.4, 0.5) is 10.2 Å². The highest BCUT2D eigenvalue weighted by atomic mass is 19.1. The van der Waals surface area contributed by atoms with Crippen molar-refractivity contribution in [3.8, 4) is 0 Å². The van der Waals surface area contributed by atoms with Gasteiger partial charge in [0, 0.05) is 23.6 Å². The van der Waals surface area contributed by atoms with Crippen molar-refractivity contribution in [3.05, 3.63) is 29.8 Å². The monoisotopic (exact) mass is 278 g/mol. The third kappa shape index (κ3) is 3.79. The molecule has 1 aromatic heterocycles. The molecule has 0 amide bonds. The second kappa shape index (κ2) is 7.03. The first-order valence-corrected chi connectivity index (χ1v) is 6.93. The van der Waals surface area contributed by atoms with Crippen molar-refractivity contribution in [1.29, 1.82) is 0 Å². The van der Waals surface area contributed by atoms with E-state index in [0.717, 1.165) is 19.0 Å². The number of pyridine rings is 1. The fourth-order valence-corrected chi connectivity index (χ4v) is 1.92. The van der Waals surface area contributed by atoms with Gasteiger partial charge in [0.1, 0.15) is 11.6 Å². The number of allylic oxidation sites excluding steroid dienone is 1. The van der Waals surface area contributed by atoms with Gasteiger partial charge in [-0.1, -0.05) is 13.8 Å². The maximum absolute atomic E-state index is 13.6.